The minimum atomic E-state index is -0.197. The molecule has 7 nitrogen and oxygen atoms in total. The molecule has 0 aliphatic rings. The van der Waals surface area contributed by atoms with Gasteiger partial charge in [-0.05, 0) is 42.8 Å². The zero-order valence-electron chi connectivity index (χ0n) is 19.3. The molecule has 0 atom stereocenters. The highest BCUT2D eigenvalue weighted by Crippen LogP contribution is 2.25. The van der Waals surface area contributed by atoms with Gasteiger partial charge in [-0.1, -0.05) is 35.9 Å². The number of methoxy groups -OCH3 is 2. The molecule has 3 aromatic carbocycles. The predicted molar refractivity (Wildman–Crippen MR) is 133 cm³/mol. The molecule has 0 radical (unpaired) electrons. The number of hydrogen-bond donors (Lipinski definition) is 2. The molecule has 0 aliphatic heterocycles. The fraction of sp³-hybridized carbons (Fsp3) is 0.148. The molecule has 0 fully saturated rings. The normalized spacial score (nSPS) is 10.4. The zero-order chi connectivity index (χ0) is 23.9. The van der Waals surface area contributed by atoms with Crippen LogP contribution in [-0.4, -0.2) is 30.1 Å². The van der Waals surface area contributed by atoms with Crippen molar-refractivity contribution in [3.05, 3.63) is 95.8 Å². The second kappa shape index (κ2) is 10.5. The molecule has 1 heterocycles. The lowest BCUT2D eigenvalue weighted by molar-refractivity contribution is 0.0950. The van der Waals surface area contributed by atoms with Crippen molar-refractivity contribution in [3.8, 4) is 22.6 Å². The first kappa shape index (κ1) is 22.8. The van der Waals surface area contributed by atoms with E-state index in [0.717, 1.165) is 22.4 Å². The van der Waals surface area contributed by atoms with E-state index in [1.54, 1.807) is 44.8 Å². The maximum absolute atomic E-state index is 12.7. The third-order valence-corrected chi connectivity index (χ3v) is 5.32. The fourth-order valence-corrected chi connectivity index (χ4v) is 3.51. The van der Waals surface area contributed by atoms with E-state index in [4.69, 9.17) is 9.47 Å². The van der Waals surface area contributed by atoms with Gasteiger partial charge in [0.25, 0.3) is 5.91 Å². The van der Waals surface area contributed by atoms with E-state index in [-0.39, 0.29) is 5.91 Å². The van der Waals surface area contributed by atoms with Gasteiger partial charge in [0.15, 0.2) is 0 Å². The van der Waals surface area contributed by atoms with Crippen molar-refractivity contribution in [2.24, 2.45) is 0 Å². The summed E-state index contributed by atoms with van der Waals surface area (Å²) in [7, 11) is 3.19. The van der Waals surface area contributed by atoms with Crippen LogP contribution in [0.25, 0.3) is 11.1 Å². The average molecular weight is 455 g/mol. The van der Waals surface area contributed by atoms with Crippen LogP contribution in [0.1, 0.15) is 21.5 Å². The predicted octanol–water partition coefficient (Wildman–Crippen LogP) is 5.14. The summed E-state index contributed by atoms with van der Waals surface area (Å²) in [6.45, 7) is 2.38. The quantitative estimate of drug-likeness (QED) is 0.383. The molecule has 0 aliphatic carbocycles. The van der Waals surface area contributed by atoms with Crippen LogP contribution >= 0.6 is 0 Å². The molecule has 0 saturated heterocycles. The summed E-state index contributed by atoms with van der Waals surface area (Å²) in [6, 6.07) is 20.9. The Hall–Kier alpha value is -4.39. The van der Waals surface area contributed by atoms with Crippen molar-refractivity contribution in [2.45, 2.75) is 13.5 Å². The molecular weight excluding hydrogens is 428 g/mol. The molecule has 34 heavy (non-hydrogen) atoms. The molecule has 172 valence electrons. The molecule has 0 bridgehead atoms. The highest BCUT2D eigenvalue weighted by molar-refractivity contribution is 5.95. The number of benzene rings is 3. The first-order valence-corrected chi connectivity index (χ1v) is 10.8. The molecule has 0 saturated carbocycles. The number of aryl methyl sites for hydroxylation is 1. The van der Waals surface area contributed by atoms with Crippen molar-refractivity contribution in [3.63, 3.8) is 0 Å². The number of carbonyl (C=O) groups is 1. The van der Waals surface area contributed by atoms with E-state index >= 15 is 0 Å². The van der Waals surface area contributed by atoms with Gasteiger partial charge in [0.2, 0.25) is 5.95 Å². The third-order valence-electron chi connectivity index (χ3n) is 5.32. The van der Waals surface area contributed by atoms with Crippen LogP contribution in [0.5, 0.6) is 11.5 Å². The van der Waals surface area contributed by atoms with E-state index in [1.165, 1.54) is 5.56 Å². The van der Waals surface area contributed by atoms with Gasteiger partial charge in [0.1, 0.15) is 11.5 Å². The minimum absolute atomic E-state index is 0.197. The van der Waals surface area contributed by atoms with Crippen LogP contribution in [0.2, 0.25) is 0 Å². The van der Waals surface area contributed by atoms with Gasteiger partial charge in [-0.25, -0.2) is 9.97 Å². The number of nitrogens with one attached hydrogen (secondary N) is 2. The summed E-state index contributed by atoms with van der Waals surface area (Å²) < 4.78 is 10.6. The molecule has 0 unspecified atom stereocenters. The lowest BCUT2D eigenvalue weighted by Crippen LogP contribution is -2.23. The van der Waals surface area contributed by atoms with Crippen molar-refractivity contribution in [2.75, 3.05) is 19.5 Å². The topological polar surface area (TPSA) is 85.4 Å². The number of ether oxygens (including phenoxy) is 2. The zero-order valence-corrected chi connectivity index (χ0v) is 19.3. The number of carbonyl (C=O) groups excluding carboxylic acids is 1. The van der Waals surface area contributed by atoms with Crippen molar-refractivity contribution >= 4 is 17.5 Å². The number of aromatic nitrogens is 2. The Morgan fingerprint density at radius 1 is 0.882 bits per heavy atom. The molecule has 2 N–H and O–H groups in total. The van der Waals surface area contributed by atoms with E-state index in [9.17, 15) is 4.79 Å². The monoisotopic (exact) mass is 454 g/mol. The Morgan fingerprint density at radius 2 is 1.68 bits per heavy atom. The summed E-state index contributed by atoms with van der Waals surface area (Å²) in [4.78, 5) is 21.6. The third kappa shape index (κ3) is 5.50. The van der Waals surface area contributed by atoms with Gasteiger partial charge in [-0.15, -0.1) is 0 Å². The lowest BCUT2D eigenvalue weighted by atomic mass is 10.1. The Balaban J connectivity index is 1.41. The minimum Gasteiger partial charge on any atom is -0.497 e. The Bertz CT molecular complexity index is 1290. The maximum Gasteiger partial charge on any atom is 0.251 e. The van der Waals surface area contributed by atoms with Gasteiger partial charge >= 0.3 is 0 Å². The SMILES string of the molecule is COc1ccc(CNC(=O)c2cccc(Nc3ncc(-c4cccc(C)c4)cn3)c2)c(OC)c1. The summed E-state index contributed by atoms with van der Waals surface area (Å²) in [5.41, 5.74) is 5.29. The molecule has 1 aromatic heterocycles. The van der Waals surface area contributed by atoms with Gasteiger partial charge in [-0.2, -0.15) is 0 Å². The Morgan fingerprint density at radius 3 is 2.41 bits per heavy atom. The maximum atomic E-state index is 12.7. The van der Waals surface area contributed by atoms with E-state index in [2.05, 4.69) is 39.7 Å². The second-order valence-corrected chi connectivity index (χ2v) is 7.73. The largest absolute Gasteiger partial charge is 0.497 e. The molecule has 1 amide bonds. The van der Waals surface area contributed by atoms with E-state index in [0.29, 0.717) is 29.6 Å². The van der Waals surface area contributed by atoms with Crippen molar-refractivity contribution < 1.29 is 14.3 Å². The van der Waals surface area contributed by atoms with Crippen LogP contribution in [0.15, 0.2) is 79.1 Å². The second-order valence-electron chi connectivity index (χ2n) is 7.73. The highest BCUT2D eigenvalue weighted by Gasteiger charge is 2.10. The first-order chi connectivity index (χ1) is 16.6. The Kier molecular flexibility index (Phi) is 7.03. The molecule has 7 heteroatoms. The standard InChI is InChI=1S/C27H26N4O3/c1-18-6-4-7-19(12-18)22-16-29-27(30-17-22)31-23-9-5-8-20(13-23)26(32)28-15-21-10-11-24(33-2)14-25(21)34-3/h4-14,16-17H,15H2,1-3H3,(H,28,32)(H,29,30,31). The summed E-state index contributed by atoms with van der Waals surface area (Å²) >= 11 is 0. The van der Waals surface area contributed by atoms with E-state index in [1.807, 2.05) is 36.4 Å². The molecule has 0 spiro atoms. The number of hydrogen-bond acceptors (Lipinski definition) is 6. The van der Waals surface area contributed by atoms with Gasteiger partial charge < -0.3 is 20.1 Å². The molecule has 4 aromatic rings. The number of amides is 1. The van der Waals surface area contributed by atoms with Crippen LogP contribution < -0.4 is 20.1 Å². The first-order valence-electron chi connectivity index (χ1n) is 10.8. The van der Waals surface area contributed by atoms with Crippen LogP contribution in [0.3, 0.4) is 0 Å². The van der Waals surface area contributed by atoms with Crippen molar-refractivity contribution in [1.29, 1.82) is 0 Å². The van der Waals surface area contributed by atoms with Gasteiger partial charge in [0.05, 0.1) is 14.2 Å². The van der Waals surface area contributed by atoms with Crippen LogP contribution in [-0.2, 0) is 6.54 Å². The van der Waals surface area contributed by atoms with Crippen molar-refractivity contribution in [1.82, 2.24) is 15.3 Å². The number of rotatable bonds is 8. The highest BCUT2D eigenvalue weighted by atomic mass is 16.5. The lowest BCUT2D eigenvalue weighted by Gasteiger charge is -2.12. The fourth-order valence-electron chi connectivity index (χ4n) is 3.51. The number of nitrogens with zero attached hydrogens (tertiary/aromatic N) is 2. The van der Waals surface area contributed by atoms with E-state index < -0.39 is 0 Å². The van der Waals surface area contributed by atoms with Crippen LogP contribution in [0.4, 0.5) is 11.6 Å². The van der Waals surface area contributed by atoms with Gasteiger partial charge in [0, 0.05) is 47.4 Å². The average Bonchev–Trinajstić information content (AvgIpc) is 2.87. The molecular formula is C27H26N4O3. The Labute approximate surface area is 198 Å². The number of anilines is 2. The summed E-state index contributed by atoms with van der Waals surface area (Å²) in [5, 5.41) is 6.09. The summed E-state index contributed by atoms with van der Waals surface area (Å²) in [6.07, 6.45) is 3.56. The summed E-state index contributed by atoms with van der Waals surface area (Å²) in [5.74, 6) is 1.61. The molecule has 4 rings (SSSR count). The van der Waals surface area contributed by atoms with Gasteiger partial charge in [-0.3, -0.25) is 4.79 Å². The van der Waals surface area contributed by atoms with Crippen LogP contribution in [0, 0.1) is 6.92 Å². The smallest absolute Gasteiger partial charge is 0.251 e.